The normalized spacial score (nSPS) is 12.1. The van der Waals surface area contributed by atoms with Crippen LogP contribution in [0.1, 0.15) is 12.0 Å². The van der Waals surface area contributed by atoms with Gasteiger partial charge >= 0.3 is 0 Å². The molecule has 0 radical (unpaired) electrons. The van der Waals surface area contributed by atoms with Crippen LogP contribution < -0.4 is 0 Å². The van der Waals surface area contributed by atoms with Gasteiger partial charge in [-0.3, -0.25) is 0 Å². The van der Waals surface area contributed by atoms with Gasteiger partial charge in [-0.1, -0.05) is 0 Å². The minimum atomic E-state index is -4.46. The summed E-state index contributed by atoms with van der Waals surface area (Å²) >= 11 is 2.69. The van der Waals surface area contributed by atoms with E-state index in [1.807, 2.05) is 0 Å². The van der Waals surface area contributed by atoms with E-state index >= 15 is 0 Å². The molecule has 0 saturated heterocycles. The lowest BCUT2D eigenvalue weighted by Crippen LogP contribution is -2.01. The van der Waals surface area contributed by atoms with Gasteiger partial charge in [0.15, 0.2) is 5.75 Å². The lowest BCUT2D eigenvalue weighted by Gasteiger charge is -2.08. The van der Waals surface area contributed by atoms with Gasteiger partial charge in [0.05, 0.1) is 5.56 Å². The van der Waals surface area contributed by atoms with Gasteiger partial charge in [0, 0.05) is 16.9 Å². The zero-order chi connectivity index (χ0) is 11.8. The van der Waals surface area contributed by atoms with E-state index in [1.54, 1.807) is 0 Å². The predicted octanol–water partition coefficient (Wildman–Crippen LogP) is 2.41. The van der Waals surface area contributed by atoms with Crippen molar-refractivity contribution in [3.63, 3.8) is 0 Å². The number of alkyl halides is 2. The minimum absolute atomic E-state index is 0.272. The van der Waals surface area contributed by atoms with Crippen molar-refractivity contribution in [1.29, 1.82) is 0 Å². The summed E-state index contributed by atoms with van der Waals surface area (Å²) in [6.45, 7) is 0. The van der Waals surface area contributed by atoms with E-state index in [2.05, 4.69) is 20.9 Å². The highest BCUT2D eigenvalue weighted by atomic mass is 79.9. The molecule has 1 rings (SSSR count). The number of aromatic nitrogens is 1. The Morgan fingerprint density at radius 3 is 2.47 bits per heavy atom. The Bertz CT molecular complexity index is 493. The molecule has 1 aromatic rings. The van der Waals surface area contributed by atoms with Crippen molar-refractivity contribution in [3.8, 4) is 5.75 Å². The summed E-state index contributed by atoms with van der Waals surface area (Å²) in [7, 11) is 0.456. The second-order valence-corrected chi connectivity index (χ2v) is 5.67. The number of aromatic hydroxyl groups is 1. The van der Waals surface area contributed by atoms with Crippen molar-refractivity contribution < 1.29 is 22.3 Å². The van der Waals surface area contributed by atoms with E-state index < -0.39 is 31.7 Å². The fraction of sp³-hybridized carbons (Fsp3) is 0.167. The molecule has 0 aliphatic heterocycles. The number of halogens is 4. The van der Waals surface area contributed by atoms with E-state index in [0.29, 0.717) is 6.20 Å². The largest absolute Gasteiger partial charge is 0.504 e. The smallest absolute Gasteiger partial charge is 0.266 e. The summed E-state index contributed by atoms with van der Waals surface area (Å²) in [6.07, 6.45) is -2.47. The molecule has 0 fully saturated rings. The first-order chi connectivity index (χ1) is 6.75. The fourth-order valence-electron chi connectivity index (χ4n) is 0.888. The second kappa shape index (κ2) is 4.18. The highest BCUT2D eigenvalue weighted by molar-refractivity contribution is 9.10. The third kappa shape index (κ3) is 2.56. The van der Waals surface area contributed by atoms with Crippen LogP contribution in [-0.2, 0) is 9.05 Å². The van der Waals surface area contributed by atoms with Crippen LogP contribution in [0.25, 0.3) is 0 Å². The highest BCUT2D eigenvalue weighted by Crippen LogP contribution is 2.38. The molecule has 4 nitrogen and oxygen atoms in total. The molecule has 0 amide bonds. The van der Waals surface area contributed by atoms with Gasteiger partial charge in [0.25, 0.3) is 15.5 Å². The molecule has 0 unspecified atom stereocenters. The summed E-state index contributed by atoms with van der Waals surface area (Å²) in [5, 5.41) is 9.26. The van der Waals surface area contributed by atoms with Crippen molar-refractivity contribution >= 4 is 35.7 Å². The lowest BCUT2D eigenvalue weighted by atomic mass is 10.3. The molecule has 0 aromatic carbocycles. The van der Waals surface area contributed by atoms with Crippen molar-refractivity contribution in [1.82, 2.24) is 4.98 Å². The van der Waals surface area contributed by atoms with Gasteiger partial charge in [-0.15, -0.1) is 0 Å². The van der Waals surface area contributed by atoms with Crippen molar-refractivity contribution in [2.45, 2.75) is 11.3 Å². The van der Waals surface area contributed by atoms with E-state index in [9.17, 15) is 22.3 Å². The molecular weight excluding hydrogens is 319 g/mol. The van der Waals surface area contributed by atoms with Crippen LogP contribution >= 0.6 is 26.6 Å². The Balaban J connectivity index is 3.65. The molecule has 1 aromatic heterocycles. The summed E-state index contributed by atoms with van der Waals surface area (Å²) in [5.74, 6) is -0.928. The van der Waals surface area contributed by atoms with Gasteiger partial charge in [-0.25, -0.2) is 22.2 Å². The predicted molar refractivity (Wildman–Crippen MR) is 51.6 cm³/mol. The Morgan fingerprint density at radius 2 is 2.07 bits per heavy atom. The van der Waals surface area contributed by atoms with Crippen molar-refractivity contribution in [2.24, 2.45) is 0 Å². The molecule has 0 bridgehead atoms. The Kier molecular flexibility index (Phi) is 3.51. The number of rotatable bonds is 2. The summed E-state index contributed by atoms with van der Waals surface area (Å²) in [4.78, 5) is 2.31. The van der Waals surface area contributed by atoms with Crippen LogP contribution in [0.15, 0.2) is 15.7 Å². The first kappa shape index (κ1) is 12.6. The number of hydrogen-bond acceptors (Lipinski definition) is 4. The molecule has 0 aliphatic rings. The Labute approximate surface area is 96.4 Å². The van der Waals surface area contributed by atoms with Crippen LogP contribution in [0.2, 0.25) is 0 Å². The van der Waals surface area contributed by atoms with Crippen LogP contribution in [0, 0.1) is 0 Å². The van der Waals surface area contributed by atoms with E-state index in [4.69, 9.17) is 10.7 Å². The third-order valence-electron chi connectivity index (χ3n) is 1.47. The quantitative estimate of drug-likeness (QED) is 0.671. The van der Waals surface area contributed by atoms with Crippen LogP contribution in [0.3, 0.4) is 0 Å². The molecule has 1 N–H and O–H groups in total. The molecule has 0 aliphatic carbocycles. The fourth-order valence-corrected chi connectivity index (χ4v) is 2.56. The molecule has 0 atom stereocenters. The van der Waals surface area contributed by atoms with Gasteiger partial charge in [-0.05, 0) is 15.9 Å². The first-order valence-electron chi connectivity index (χ1n) is 3.35. The lowest BCUT2D eigenvalue weighted by molar-refractivity contribution is 0.146. The molecular formula is C6H3BrClF2NO3S. The van der Waals surface area contributed by atoms with E-state index in [-0.39, 0.29) is 4.60 Å². The summed E-state index contributed by atoms with van der Waals surface area (Å²) < 4.78 is 46.4. The Hall–Kier alpha value is -0.470. The van der Waals surface area contributed by atoms with Gasteiger partial charge in [0.2, 0.25) is 0 Å². The van der Waals surface area contributed by atoms with Gasteiger partial charge < -0.3 is 5.11 Å². The molecule has 9 heteroatoms. The standard InChI is InChI=1S/C6H3BrClF2NO3S/c7-5-3(12)4(15(8,13)14)2(1-11-5)6(9)10/h1,6,12H. The summed E-state index contributed by atoms with van der Waals surface area (Å²) in [6, 6.07) is 0. The van der Waals surface area contributed by atoms with Crippen LogP contribution in [0.4, 0.5) is 8.78 Å². The topological polar surface area (TPSA) is 67.3 Å². The first-order valence-corrected chi connectivity index (χ1v) is 6.45. The number of hydrogen-bond donors (Lipinski definition) is 1. The highest BCUT2D eigenvalue weighted by Gasteiger charge is 2.27. The average Bonchev–Trinajstić information content (AvgIpc) is 2.06. The van der Waals surface area contributed by atoms with Crippen LogP contribution in [0.5, 0.6) is 5.75 Å². The minimum Gasteiger partial charge on any atom is -0.504 e. The Morgan fingerprint density at radius 1 is 1.53 bits per heavy atom. The summed E-state index contributed by atoms with van der Waals surface area (Å²) in [5.41, 5.74) is -0.939. The molecule has 0 spiro atoms. The van der Waals surface area contributed by atoms with Gasteiger partial charge in [-0.2, -0.15) is 0 Å². The van der Waals surface area contributed by atoms with Crippen molar-refractivity contribution in [2.75, 3.05) is 0 Å². The van der Waals surface area contributed by atoms with E-state index in [1.165, 1.54) is 0 Å². The van der Waals surface area contributed by atoms with Gasteiger partial charge in [0.1, 0.15) is 9.50 Å². The third-order valence-corrected chi connectivity index (χ3v) is 3.43. The second-order valence-electron chi connectivity index (χ2n) is 2.42. The maximum Gasteiger partial charge on any atom is 0.266 e. The zero-order valence-corrected chi connectivity index (χ0v) is 9.94. The molecule has 84 valence electrons. The molecule has 1 heterocycles. The maximum atomic E-state index is 12.4. The van der Waals surface area contributed by atoms with Crippen LogP contribution in [-0.4, -0.2) is 18.5 Å². The SMILES string of the molecule is O=S(=O)(Cl)c1c(C(F)F)cnc(Br)c1O. The zero-order valence-electron chi connectivity index (χ0n) is 6.79. The maximum absolute atomic E-state index is 12.4. The van der Waals surface area contributed by atoms with Crippen molar-refractivity contribution in [3.05, 3.63) is 16.4 Å². The monoisotopic (exact) mass is 321 g/mol. The molecule has 0 saturated carbocycles. The average molecular weight is 323 g/mol. The van der Waals surface area contributed by atoms with E-state index in [0.717, 1.165) is 0 Å². The molecule has 15 heavy (non-hydrogen) atoms. The number of nitrogens with zero attached hydrogens (tertiary/aromatic N) is 1. The number of pyridine rings is 1.